The van der Waals surface area contributed by atoms with Gasteiger partial charge in [0.15, 0.2) is 0 Å². The zero-order valence-electron chi connectivity index (χ0n) is 12.5. The molecule has 2 aromatic heterocycles. The lowest BCUT2D eigenvalue weighted by atomic mass is 10.2. The summed E-state index contributed by atoms with van der Waals surface area (Å²) in [5.41, 5.74) is 2.38. The van der Waals surface area contributed by atoms with E-state index in [0.29, 0.717) is 11.0 Å². The normalized spacial score (nSPS) is 12.2. The van der Waals surface area contributed by atoms with Crippen molar-refractivity contribution in [1.29, 1.82) is 0 Å². The van der Waals surface area contributed by atoms with Gasteiger partial charge in [0.05, 0.1) is 22.5 Å². The minimum Gasteiger partial charge on any atom is -0.357 e. The summed E-state index contributed by atoms with van der Waals surface area (Å²) in [7, 11) is -3.68. The van der Waals surface area contributed by atoms with E-state index >= 15 is 0 Å². The number of imidazole rings is 1. The molecule has 4 rings (SSSR count). The fourth-order valence-corrected chi connectivity index (χ4v) is 3.70. The molecular weight excluding hydrogens is 328 g/mol. The number of nitrogens with one attached hydrogen (secondary N) is 4. The van der Waals surface area contributed by atoms with Crippen LogP contribution in [0, 0.1) is 0 Å². The molecule has 4 aromatic rings. The lowest BCUT2D eigenvalue weighted by Gasteiger charge is -2.05. The van der Waals surface area contributed by atoms with Crippen LogP contribution in [-0.2, 0) is 16.6 Å². The van der Waals surface area contributed by atoms with Gasteiger partial charge in [-0.1, -0.05) is 18.2 Å². The highest BCUT2D eigenvalue weighted by molar-refractivity contribution is 7.89. The summed E-state index contributed by atoms with van der Waals surface area (Å²) in [4.78, 5) is 19.7. The molecule has 122 valence electrons. The maximum atomic E-state index is 12.4. The Morgan fingerprint density at radius 3 is 2.50 bits per heavy atom. The molecule has 0 radical (unpaired) electrons. The second-order valence-electron chi connectivity index (χ2n) is 5.49. The maximum absolute atomic E-state index is 12.4. The number of aromatic amines is 3. The molecule has 0 aliphatic rings. The van der Waals surface area contributed by atoms with Crippen molar-refractivity contribution in [2.24, 2.45) is 0 Å². The maximum Gasteiger partial charge on any atom is 0.323 e. The fraction of sp³-hybridized carbons (Fsp3) is 0.0625. The van der Waals surface area contributed by atoms with E-state index in [1.807, 2.05) is 30.3 Å². The van der Waals surface area contributed by atoms with E-state index in [2.05, 4.69) is 19.7 Å². The Kier molecular flexibility index (Phi) is 3.29. The van der Waals surface area contributed by atoms with Crippen molar-refractivity contribution in [3.63, 3.8) is 0 Å². The molecule has 0 aliphatic heterocycles. The number of aromatic nitrogens is 3. The Morgan fingerprint density at radius 2 is 1.67 bits per heavy atom. The molecule has 8 heteroatoms. The molecule has 4 N–H and O–H groups in total. The number of rotatable bonds is 4. The zero-order valence-corrected chi connectivity index (χ0v) is 13.3. The van der Waals surface area contributed by atoms with Crippen molar-refractivity contribution in [3.8, 4) is 0 Å². The highest BCUT2D eigenvalue weighted by atomic mass is 32.2. The van der Waals surface area contributed by atoms with Gasteiger partial charge >= 0.3 is 5.69 Å². The predicted molar refractivity (Wildman–Crippen MR) is 91.2 cm³/mol. The smallest absolute Gasteiger partial charge is 0.323 e. The molecule has 0 saturated carbocycles. The number of hydrogen-bond donors (Lipinski definition) is 4. The highest BCUT2D eigenvalue weighted by Gasteiger charge is 2.15. The summed E-state index contributed by atoms with van der Waals surface area (Å²) in [5.74, 6) is 0. The molecule has 0 amide bonds. The van der Waals surface area contributed by atoms with E-state index in [1.54, 1.807) is 6.07 Å². The number of hydrogen-bond acceptors (Lipinski definition) is 3. The Balaban J connectivity index is 1.60. The van der Waals surface area contributed by atoms with Gasteiger partial charge < -0.3 is 15.0 Å². The number of H-pyrrole nitrogens is 3. The van der Waals surface area contributed by atoms with Gasteiger partial charge in [-0.15, -0.1) is 0 Å². The van der Waals surface area contributed by atoms with Gasteiger partial charge in [0.25, 0.3) is 0 Å². The third-order valence-corrected chi connectivity index (χ3v) is 5.24. The van der Waals surface area contributed by atoms with E-state index in [4.69, 9.17) is 0 Å². The molecule has 0 saturated heterocycles. The molecule has 0 unspecified atom stereocenters. The molecule has 0 spiro atoms. The van der Waals surface area contributed by atoms with Crippen LogP contribution in [0.3, 0.4) is 0 Å². The first-order valence-corrected chi connectivity index (χ1v) is 8.78. The Morgan fingerprint density at radius 1 is 0.875 bits per heavy atom. The molecule has 2 aromatic carbocycles. The van der Waals surface area contributed by atoms with E-state index in [1.165, 1.54) is 12.1 Å². The quantitative estimate of drug-likeness (QED) is 0.454. The third-order valence-electron chi connectivity index (χ3n) is 3.84. The Labute approximate surface area is 136 Å². The fourth-order valence-electron chi connectivity index (χ4n) is 2.66. The minimum atomic E-state index is -3.68. The molecule has 0 atom stereocenters. The van der Waals surface area contributed by atoms with E-state index in [9.17, 15) is 13.2 Å². The van der Waals surface area contributed by atoms with Gasteiger partial charge in [-0.25, -0.2) is 17.9 Å². The lowest BCUT2D eigenvalue weighted by molar-refractivity contribution is 0.581. The first-order valence-electron chi connectivity index (χ1n) is 7.30. The highest BCUT2D eigenvalue weighted by Crippen LogP contribution is 2.17. The van der Waals surface area contributed by atoms with Crippen LogP contribution < -0.4 is 10.4 Å². The van der Waals surface area contributed by atoms with Crippen LogP contribution in [0.25, 0.3) is 21.9 Å². The van der Waals surface area contributed by atoms with Gasteiger partial charge in [0.1, 0.15) is 0 Å². The molecule has 0 bridgehead atoms. The molecule has 24 heavy (non-hydrogen) atoms. The number of para-hydroxylation sites is 1. The van der Waals surface area contributed by atoms with Gasteiger partial charge in [0, 0.05) is 11.2 Å². The average Bonchev–Trinajstić information content (AvgIpc) is 3.13. The van der Waals surface area contributed by atoms with Crippen molar-refractivity contribution >= 4 is 32.0 Å². The van der Waals surface area contributed by atoms with E-state index in [-0.39, 0.29) is 17.1 Å². The third kappa shape index (κ3) is 2.61. The second-order valence-corrected chi connectivity index (χ2v) is 7.26. The first-order chi connectivity index (χ1) is 11.5. The number of fused-ring (bicyclic) bond motifs is 2. The van der Waals surface area contributed by atoms with Crippen LogP contribution in [0.5, 0.6) is 0 Å². The monoisotopic (exact) mass is 342 g/mol. The molecule has 7 nitrogen and oxygen atoms in total. The summed E-state index contributed by atoms with van der Waals surface area (Å²) >= 11 is 0. The summed E-state index contributed by atoms with van der Waals surface area (Å²) in [6.07, 6.45) is 0. The van der Waals surface area contributed by atoms with Crippen molar-refractivity contribution in [1.82, 2.24) is 19.7 Å². The van der Waals surface area contributed by atoms with Crippen LogP contribution in [0.15, 0.2) is 58.2 Å². The SMILES string of the molecule is O=c1[nH]c2ccc(S(=O)(=O)NCc3cc4ccccc4[nH]3)cc2[nH]1. The average molecular weight is 342 g/mol. The van der Waals surface area contributed by atoms with Crippen LogP contribution in [0.4, 0.5) is 0 Å². The van der Waals surface area contributed by atoms with Crippen molar-refractivity contribution < 1.29 is 8.42 Å². The van der Waals surface area contributed by atoms with Crippen molar-refractivity contribution in [3.05, 3.63) is 64.7 Å². The molecular formula is C16H14N4O3S. The van der Waals surface area contributed by atoms with Crippen LogP contribution in [0.2, 0.25) is 0 Å². The number of benzene rings is 2. The van der Waals surface area contributed by atoms with Gasteiger partial charge in [-0.05, 0) is 35.7 Å². The summed E-state index contributed by atoms with van der Waals surface area (Å²) in [6, 6.07) is 14.1. The van der Waals surface area contributed by atoms with E-state index < -0.39 is 10.0 Å². The predicted octanol–water partition coefficient (Wildman–Crippen LogP) is 1.82. The Hall–Kier alpha value is -2.84. The van der Waals surface area contributed by atoms with Crippen LogP contribution in [0.1, 0.15) is 5.69 Å². The summed E-state index contributed by atoms with van der Waals surface area (Å²) < 4.78 is 27.5. The topological polar surface area (TPSA) is 111 Å². The largest absolute Gasteiger partial charge is 0.357 e. The second kappa shape index (κ2) is 5.36. The van der Waals surface area contributed by atoms with Gasteiger partial charge in [0.2, 0.25) is 10.0 Å². The Bertz CT molecular complexity index is 1170. The number of sulfonamides is 1. The minimum absolute atomic E-state index is 0.0985. The van der Waals surface area contributed by atoms with Crippen LogP contribution in [-0.4, -0.2) is 23.4 Å². The van der Waals surface area contributed by atoms with Crippen molar-refractivity contribution in [2.45, 2.75) is 11.4 Å². The zero-order chi connectivity index (χ0) is 16.7. The summed E-state index contributed by atoms with van der Waals surface area (Å²) in [5, 5.41) is 1.03. The van der Waals surface area contributed by atoms with Crippen LogP contribution >= 0.6 is 0 Å². The van der Waals surface area contributed by atoms with Gasteiger partial charge in [-0.2, -0.15) is 0 Å². The molecule has 0 aliphatic carbocycles. The first kappa shape index (κ1) is 14.7. The molecule has 2 heterocycles. The molecule has 0 fully saturated rings. The van der Waals surface area contributed by atoms with E-state index in [0.717, 1.165) is 16.6 Å². The van der Waals surface area contributed by atoms with Gasteiger partial charge in [-0.3, -0.25) is 0 Å². The standard InChI is InChI=1S/C16H14N4O3S/c21-16-19-14-6-5-12(8-15(14)20-16)24(22,23)17-9-11-7-10-3-1-2-4-13(10)18-11/h1-8,17-18H,9H2,(H2,19,20,21). The summed E-state index contributed by atoms with van der Waals surface area (Å²) in [6.45, 7) is 0.151. The lowest BCUT2D eigenvalue weighted by Crippen LogP contribution is -2.23. The van der Waals surface area contributed by atoms with Crippen molar-refractivity contribution in [2.75, 3.05) is 0 Å².